The molecule has 1 saturated heterocycles. The minimum atomic E-state index is -0.856. The van der Waals surface area contributed by atoms with E-state index in [4.69, 9.17) is 9.47 Å². The number of carbonyl (C=O) groups excluding carboxylic acids is 1. The van der Waals surface area contributed by atoms with E-state index in [1.165, 1.54) is 7.11 Å². The summed E-state index contributed by atoms with van der Waals surface area (Å²) < 4.78 is 16.0. The highest BCUT2D eigenvalue weighted by Gasteiger charge is 2.46. The average molecular weight is 309 g/mol. The molecule has 4 atom stereocenters. The third-order valence-electron chi connectivity index (χ3n) is 4.12. The van der Waals surface area contributed by atoms with E-state index >= 15 is 0 Å². The van der Waals surface area contributed by atoms with Crippen LogP contribution in [-0.4, -0.2) is 50.3 Å². The Morgan fingerprint density at radius 3 is 2.68 bits per heavy atom. The van der Waals surface area contributed by atoms with Crippen molar-refractivity contribution in [1.82, 2.24) is 5.32 Å². The van der Waals surface area contributed by atoms with Gasteiger partial charge in [0.25, 0.3) is 0 Å². The molecular weight excluding hydrogens is 286 g/mol. The Hall–Kier alpha value is -1.47. The normalized spacial score (nSPS) is 31.7. The van der Waals surface area contributed by atoms with Crippen LogP contribution in [0.25, 0.3) is 0 Å². The molecule has 122 valence electrons. The zero-order valence-corrected chi connectivity index (χ0v) is 13.1. The minimum Gasteiger partial charge on any atom is -0.468 e. The fourth-order valence-electron chi connectivity index (χ4n) is 2.69. The Balaban J connectivity index is 2.12. The molecule has 6 nitrogen and oxygen atoms in total. The summed E-state index contributed by atoms with van der Waals surface area (Å²) in [6, 6.07) is 9.25. The summed E-state index contributed by atoms with van der Waals surface area (Å²) >= 11 is 0. The SMILES string of the molecule is COC(=O)CN[C@@H]1C[C@H](O)[C@@](C)(c2ccccc2)O[C@@H]1OC. The third kappa shape index (κ3) is 3.47. The quantitative estimate of drug-likeness (QED) is 0.783. The number of ether oxygens (including phenoxy) is 3. The van der Waals surface area contributed by atoms with Crippen LogP contribution in [0.4, 0.5) is 0 Å². The zero-order valence-electron chi connectivity index (χ0n) is 13.1. The first kappa shape index (κ1) is 16.9. The predicted molar refractivity (Wildman–Crippen MR) is 80.1 cm³/mol. The van der Waals surface area contributed by atoms with E-state index in [0.717, 1.165) is 5.56 Å². The number of aliphatic hydroxyl groups is 1. The highest BCUT2D eigenvalue weighted by molar-refractivity contribution is 5.71. The summed E-state index contributed by atoms with van der Waals surface area (Å²) in [7, 11) is 2.87. The van der Waals surface area contributed by atoms with Crippen LogP contribution in [0.3, 0.4) is 0 Å². The number of hydrogen-bond acceptors (Lipinski definition) is 6. The first-order valence-corrected chi connectivity index (χ1v) is 7.25. The van der Waals surface area contributed by atoms with Crippen LogP contribution in [0, 0.1) is 0 Å². The molecule has 0 bridgehead atoms. The number of nitrogens with one attached hydrogen (secondary N) is 1. The molecule has 6 heteroatoms. The molecule has 2 rings (SSSR count). The van der Waals surface area contributed by atoms with E-state index in [9.17, 15) is 9.90 Å². The van der Waals surface area contributed by atoms with Gasteiger partial charge < -0.3 is 19.3 Å². The van der Waals surface area contributed by atoms with Crippen LogP contribution in [0.15, 0.2) is 30.3 Å². The highest BCUT2D eigenvalue weighted by Crippen LogP contribution is 2.37. The zero-order chi connectivity index (χ0) is 16.2. The Morgan fingerprint density at radius 1 is 1.41 bits per heavy atom. The maximum absolute atomic E-state index is 11.3. The maximum Gasteiger partial charge on any atom is 0.319 e. The van der Waals surface area contributed by atoms with Gasteiger partial charge in [-0.1, -0.05) is 30.3 Å². The number of rotatable bonds is 5. The lowest BCUT2D eigenvalue weighted by Crippen LogP contribution is -2.58. The van der Waals surface area contributed by atoms with E-state index in [2.05, 4.69) is 10.1 Å². The van der Waals surface area contributed by atoms with Crippen LogP contribution in [0.2, 0.25) is 0 Å². The number of esters is 1. The fourth-order valence-corrected chi connectivity index (χ4v) is 2.69. The van der Waals surface area contributed by atoms with Crippen LogP contribution < -0.4 is 5.32 Å². The second-order valence-electron chi connectivity index (χ2n) is 5.51. The van der Waals surface area contributed by atoms with Gasteiger partial charge in [0.1, 0.15) is 5.60 Å². The molecule has 0 spiro atoms. The predicted octanol–water partition coefficient (Wildman–Crippen LogP) is 0.787. The van der Waals surface area contributed by atoms with Gasteiger partial charge in [-0.25, -0.2) is 0 Å². The highest BCUT2D eigenvalue weighted by atomic mass is 16.7. The van der Waals surface area contributed by atoms with E-state index < -0.39 is 18.0 Å². The lowest BCUT2D eigenvalue weighted by molar-refractivity contribution is -0.272. The molecule has 1 aromatic rings. The van der Waals surface area contributed by atoms with Crippen molar-refractivity contribution >= 4 is 5.97 Å². The molecule has 1 aliphatic heterocycles. The van der Waals surface area contributed by atoms with Crippen molar-refractivity contribution in [3.63, 3.8) is 0 Å². The van der Waals surface area contributed by atoms with Crippen molar-refractivity contribution in [3.05, 3.63) is 35.9 Å². The molecule has 1 heterocycles. The lowest BCUT2D eigenvalue weighted by atomic mass is 9.83. The van der Waals surface area contributed by atoms with Gasteiger partial charge in [-0.2, -0.15) is 0 Å². The molecule has 1 aromatic carbocycles. The summed E-state index contributed by atoms with van der Waals surface area (Å²) in [5.74, 6) is -0.374. The monoisotopic (exact) mass is 309 g/mol. The Bertz CT molecular complexity index is 495. The van der Waals surface area contributed by atoms with Gasteiger partial charge in [-0.05, 0) is 18.9 Å². The summed E-state index contributed by atoms with van der Waals surface area (Å²) in [6.45, 7) is 1.88. The molecule has 0 amide bonds. The molecule has 1 fully saturated rings. The fraction of sp³-hybridized carbons (Fsp3) is 0.562. The first-order valence-electron chi connectivity index (χ1n) is 7.25. The van der Waals surface area contributed by atoms with Crippen LogP contribution in [0.1, 0.15) is 18.9 Å². The van der Waals surface area contributed by atoms with Gasteiger partial charge >= 0.3 is 5.97 Å². The minimum absolute atomic E-state index is 0.0408. The van der Waals surface area contributed by atoms with Gasteiger partial charge in [0.15, 0.2) is 6.29 Å². The standard InChI is InChI=1S/C16H23NO5/c1-16(11-7-5-4-6-8-11)13(18)9-12(15(21-3)22-16)17-10-14(19)20-2/h4-8,12-13,15,17-18H,9-10H2,1-3H3/t12-,13+,15+,16-/m1/s1. The largest absolute Gasteiger partial charge is 0.468 e. The molecule has 0 saturated carbocycles. The van der Waals surface area contributed by atoms with Gasteiger partial charge in [-0.15, -0.1) is 0 Å². The third-order valence-corrected chi connectivity index (χ3v) is 4.12. The Labute approximate surface area is 130 Å². The molecule has 1 aliphatic rings. The summed E-state index contributed by atoms with van der Waals surface area (Å²) in [5.41, 5.74) is 0.0294. The second kappa shape index (κ2) is 7.19. The average Bonchev–Trinajstić information content (AvgIpc) is 2.56. The van der Waals surface area contributed by atoms with Crippen molar-refractivity contribution in [3.8, 4) is 0 Å². The molecule has 0 unspecified atom stereocenters. The molecular formula is C16H23NO5. The molecule has 0 aromatic heterocycles. The second-order valence-corrected chi connectivity index (χ2v) is 5.51. The van der Waals surface area contributed by atoms with E-state index in [-0.39, 0.29) is 18.6 Å². The summed E-state index contributed by atoms with van der Waals surface area (Å²) in [6.07, 6.45) is -0.893. The molecule has 2 N–H and O–H groups in total. The van der Waals surface area contributed by atoms with Crippen LogP contribution in [-0.2, 0) is 24.6 Å². The van der Waals surface area contributed by atoms with E-state index in [1.807, 2.05) is 37.3 Å². The van der Waals surface area contributed by atoms with Crippen molar-refractivity contribution in [2.24, 2.45) is 0 Å². The lowest BCUT2D eigenvalue weighted by Gasteiger charge is -2.46. The van der Waals surface area contributed by atoms with Crippen molar-refractivity contribution < 1.29 is 24.1 Å². The molecule has 22 heavy (non-hydrogen) atoms. The van der Waals surface area contributed by atoms with Crippen LogP contribution in [0.5, 0.6) is 0 Å². The van der Waals surface area contributed by atoms with Crippen molar-refractivity contribution in [2.75, 3.05) is 20.8 Å². The number of methoxy groups -OCH3 is 2. The number of hydrogen-bond donors (Lipinski definition) is 2. The van der Waals surface area contributed by atoms with Crippen molar-refractivity contribution in [2.45, 2.75) is 37.4 Å². The topological polar surface area (TPSA) is 77.0 Å². The molecule has 0 aliphatic carbocycles. The van der Waals surface area contributed by atoms with Gasteiger partial charge in [-0.3, -0.25) is 10.1 Å². The van der Waals surface area contributed by atoms with Crippen molar-refractivity contribution in [1.29, 1.82) is 0 Å². The number of aliphatic hydroxyl groups excluding tert-OH is 1. The number of benzene rings is 1. The first-order chi connectivity index (χ1) is 10.5. The number of carbonyl (C=O) groups is 1. The smallest absolute Gasteiger partial charge is 0.319 e. The Morgan fingerprint density at radius 2 is 2.09 bits per heavy atom. The Kier molecular flexibility index (Phi) is 5.52. The van der Waals surface area contributed by atoms with E-state index in [0.29, 0.717) is 6.42 Å². The summed E-state index contributed by atoms with van der Waals surface area (Å²) in [4.78, 5) is 11.3. The van der Waals surface area contributed by atoms with E-state index in [1.54, 1.807) is 7.11 Å². The van der Waals surface area contributed by atoms with Crippen LogP contribution >= 0.6 is 0 Å². The van der Waals surface area contributed by atoms with Gasteiger partial charge in [0.05, 0.1) is 25.8 Å². The van der Waals surface area contributed by atoms with Gasteiger partial charge in [0, 0.05) is 7.11 Å². The maximum atomic E-state index is 11.3. The van der Waals surface area contributed by atoms with Gasteiger partial charge in [0.2, 0.25) is 0 Å². The summed E-state index contributed by atoms with van der Waals surface area (Å²) in [5, 5.41) is 13.6. The molecule has 0 radical (unpaired) electrons.